The van der Waals surface area contributed by atoms with Crippen molar-refractivity contribution in [2.75, 3.05) is 13.2 Å². The Morgan fingerprint density at radius 2 is 2.15 bits per heavy atom. The van der Waals surface area contributed by atoms with E-state index in [2.05, 4.69) is 5.10 Å². The summed E-state index contributed by atoms with van der Waals surface area (Å²) < 4.78 is 20.5. The van der Waals surface area contributed by atoms with Crippen LogP contribution in [0.3, 0.4) is 0 Å². The minimum Gasteiger partial charge on any atom is -0.504 e. The highest BCUT2D eigenvalue weighted by atomic mass is 19.1. The van der Waals surface area contributed by atoms with E-state index in [-0.39, 0.29) is 5.75 Å². The Kier molecular flexibility index (Phi) is 3.69. The maximum absolute atomic E-state index is 13.4. The quantitative estimate of drug-likeness (QED) is 0.937. The molecule has 3 rings (SSSR count). The Balaban J connectivity index is 1.77. The van der Waals surface area contributed by atoms with Crippen LogP contribution in [0, 0.1) is 11.7 Å². The van der Waals surface area contributed by atoms with Gasteiger partial charge in [-0.2, -0.15) is 5.10 Å². The Morgan fingerprint density at radius 1 is 1.35 bits per heavy atom. The van der Waals surface area contributed by atoms with E-state index in [0.717, 1.165) is 38.2 Å². The van der Waals surface area contributed by atoms with Crippen LogP contribution in [0.2, 0.25) is 0 Å². The molecule has 0 saturated carbocycles. The fourth-order valence-corrected chi connectivity index (χ4v) is 2.54. The lowest BCUT2D eigenvalue weighted by Gasteiger charge is -2.21. The van der Waals surface area contributed by atoms with Crippen molar-refractivity contribution in [2.45, 2.75) is 19.4 Å². The predicted molar refractivity (Wildman–Crippen MR) is 72.8 cm³/mol. The highest BCUT2D eigenvalue weighted by Gasteiger charge is 2.16. The van der Waals surface area contributed by atoms with Crippen molar-refractivity contribution in [3.05, 3.63) is 36.4 Å². The number of nitrogens with zero attached hydrogens (tertiary/aromatic N) is 2. The number of phenols is 1. The first-order chi connectivity index (χ1) is 9.74. The summed E-state index contributed by atoms with van der Waals surface area (Å²) in [5, 5.41) is 14.1. The van der Waals surface area contributed by atoms with Crippen LogP contribution in [-0.4, -0.2) is 28.1 Å². The zero-order valence-corrected chi connectivity index (χ0v) is 11.1. The maximum atomic E-state index is 13.4. The molecule has 0 radical (unpaired) electrons. The monoisotopic (exact) mass is 276 g/mol. The number of para-hydroxylation sites is 1. The van der Waals surface area contributed by atoms with Crippen LogP contribution in [0.1, 0.15) is 12.8 Å². The number of ether oxygens (including phenoxy) is 1. The summed E-state index contributed by atoms with van der Waals surface area (Å²) in [5.41, 5.74) is 1.21. The van der Waals surface area contributed by atoms with E-state index >= 15 is 0 Å². The third-order valence-corrected chi connectivity index (χ3v) is 3.72. The van der Waals surface area contributed by atoms with E-state index < -0.39 is 5.82 Å². The van der Waals surface area contributed by atoms with Crippen molar-refractivity contribution >= 4 is 0 Å². The molecule has 2 heterocycles. The first-order valence-corrected chi connectivity index (χ1v) is 6.82. The predicted octanol–water partition coefficient (Wildman–Crippen LogP) is 2.82. The first-order valence-electron chi connectivity index (χ1n) is 6.82. The van der Waals surface area contributed by atoms with Crippen LogP contribution in [0.25, 0.3) is 11.1 Å². The number of hydrogen-bond donors (Lipinski definition) is 1. The van der Waals surface area contributed by atoms with Gasteiger partial charge in [0.05, 0.1) is 6.20 Å². The van der Waals surface area contributed by atoms with Crippen LogP contribution in [0.4, 0.5) is 4.39 Å². The molecule has 1 fully saturated rings. The molecule has 20 heavy (non-hydrogen) atoms. The molecule has 0 amide bonds. The van der Waals surface area contributed by atoms with Gasteiger partial charge in [0.15, 0.2) is 11.6 Å². The van der Waals surface area contributed by atoms with Crippen molar-refractivity contribution < 1.29 is 14.2 Å². The second-order valence-corrected chi connectivity index (χ2v) is 5.14. The average molecular weight is 276 g/mol. The molecule has 1 aromatic carbocycles. The van der Waals surface area contributed by atoms with Gasteiger partial charge in [-0.05, 0) is 24.8 Å². The largest absolute Gasteiger partial charge is 0.504 e. The van der Waals surface area contributed by atoms with Gasteiger partial charge in [0.2, 0.25) is 0 Å². The molecule has 106 valence electrons. The van der Waals surface area contributed by atoms with Crippen LogP contribution >= 0.6 is 0 Å². The summed E-state index contributed by atoms with van der Waals surface area (Å²) in [6.07, 6.45) is 5.60. The molecule has 1 aromatic heterocycles. The minimum atomic E-state index is -0.611. The second kappa shape index (κ2) is 5.63. The molecular weight excluding hydrogens is 259 g/mol. The zero-order chi connectivity index (χ0) is 13.9. The Morgan fingerprint density at radius 3 is 2.95 bits per heavy atom. The Labute approximate surface area is 116 Å². The fraction of sp³-hybridized carbons (Fsp3) is 0.400. The van der Waals surface area contributed by atoms with Gasteiger partial charge in [-0.3, -0.25) is 4.68 Å². The molecule has 0 bridgehead atoms. The van der Waals surface area contributed by atoms with Crippen LogP contribution in [0.5, 0.6) is 5.75 Å². The second-order valence-electron chi connectivity index (χ2n) is 5.14. The number of halogens is 1. The normalized spacial score (nSPS) is 16.4. The molecule has 4 nitrogen and oxygen atoms in total. The highest BCUT2D eigenvalue weighted by Crippen LogP contribution is 2.31. The lowest BCUT2D eigenvalue weighted by atomic mass is 10.0. The highest BCUT2D eigenvalue weighted by molar-refractivity contribution is 5.68. The number of hydrogen-bond acceptors (Lipinski definition) is 3. The third kappa shape index (κ3) is 2.67. The van der Waals surface area contributed by atoms with Crippen molar-refractivity contribution in [3.8, 4) is 16.9 Å². The van der Waals surface area contributed by atoms with Crippen molar-refractivity contribution in [1.82, 2.24) is 9.78 Å². The molecule has 5 heteroatoms. The van der Waals surface area contributed by atoms with Gasteiger partial charge in [0.1, 0.15) is 0 Å². The Bertz CT molecular complexity index is 591. The number of aromatic hydroxyl groups is 1. The van der Waals surface area contributed by atoms with Gasteiger partial charge in [-0.15, -0.1) is 0 Å². The van der Waals surface area contributed by atoms with Crippen molar-refractivity contribution in [3.63, 3.8) is 0 Å². The SMILES string of the molecule is Oc1c(F)cccc1-c1cnn(CC2CCOCC2)c1. The molecule has 0 unspecified atom stereocenters. The molecule has 1 aliphatic rings. The van der Waals surface area contributed by atoms with Gasteiger partial charge in [-0.25, -0.2) is 4.39 Å². The maximum Gasteiger partial charge on any atom is 0.165 e. The number of benzene rings is 1. The van der Waals surface area contributed by atoms with Gasteiger partial charge < -0.3 is 9.84 Å². The summed E-state index contributed by atoms with van der Waals surface area (Å²) >= 11 is 0. The number of phenolic OH excluding ortho intramolecular Hbond substituents is 1. The van der Waals surface area contributed by atoms with E-state index in [9.17, 15) is 9.50 Å². The lowest BCUT2D eigenvalue weighted by molar-refractivity contribution is 0.0601. The molecule has 1 saturated heterocycles. The van der Waals surface area contributed by atoms with Crippen molar-refractivity contribution in [2.24, 2.45) is 5.92 Å². The van der Waals surface area contributed by atoms with Crippen molar-refractivity contribution in [1.29, 1.82) is 0 Å². The molecule has 1 aliphatic heterocycles. The summed E-state index contributed by atoms with van der Waals surface area (Å²) in [7, 11) is 0. The molecule has 0 aliphatic carbocycles. The smallest absolute Gasteiger partial charge is 0.165 e. The van der Waals surface area contributed by atoms with Gasteiger partial charge in [-0.1, -0.05) is 12.1 Å². The Hall–Kier alpha value is -1.88. The van der Waals surface area contributed by atoms with Gasteiger partial charge >= 0.3 is 0 Å². The van der Waals surface area contributed by atoms with E-state index in [4.69, 9.17) is 4.74 Å². The zero-order valence-electron chi connectivity index (χ0n) is 11.1. The lowest BCUT2D eigenvalue weighted by Crippen LogP contribution is -2.20. The summed E-state index contributed by atoms with van der Waals surface area (Å²) in [5.74, 6) is -0.365. The topological polar surface area (TPSA) is 47.3 Å². The van der Waals surface area contributed by atoms with Crippen LogP contribution in [0.15, 0.2) is 30.6 Å². The van der Waals surface area contributed by atoms with E-state index in [0.29, 0.717) is 11.5 Å². The minimum absolute atomic E-state index is 0.321. The van der Waals surface area contributed by atoms with Crippen LogP contribution in [-0.2, 0) is 11.3 Å². The summed E-state index contributed by atoms with van der Waals surface area (Å²) in [6.45, 7) is 2.45. The third-order valence-electron chi connectivity index (χ3n) is 3.72. The van der Waals surface area contributed by atoms with Gasteiger partial charge in [0, 0.05) is 37.1 Å². The van der Waals surface area contributed by atoms with E-state index in [1.807, 2.05) is 10.9 Å². The van der Waals surface area contributed by atoms with E-state index in [1.54, 1.807) is 18.3 Å². The average Bonchev–Trinajstić information content (AvgIpc) is 2.91. The van der Waals surface area contributed by atoms with Crippen LogP contribution < -0.4 is 0 Å². The van der Waals surface area contributed by atoms with E-state index in [1.165, 1.54) is 6.07 Å². The summed E-state index contributed by atoms with van der Waals surface area (Å²) in [6, 6.07) is 4.51. The number of aromatic nitrogens is 2. The molecule has 2 aromatic rings. The first kappa shape index (κ1) is 13.1. The number of rotatable bonds is 3. The molecule has 0 atom stereocenters. The fourth-order valence-electron chi connectivity index (χ4n) is 2.54. The van der Waals surface area contributed by atoms with Gasteiger partial charge in [0.25, 0.3) is 0 Å². The molecule has 0 spiro atoms. The standard InChI is InChI=1S/C15H17FN2O2/c16-14-3-1-2-13(15(14)19)12-8-17-18(10-12)9-11-4-6-20-7-5-11/h1-3,8,10-11,19H,4-7,9H2. The summed E-state index contributed by atoms with van der Waals surface area (Å²) in [4.78, 5) is 0. The molecular formula is C15H17FN2O2. The molecule has 1 N–H and O–H groups in total.